The van der Waals surface area contributed by atoms with Crippen LogP contribution < -0.4 is 4.74 Å². The SMILES string of the molecule is Cc1ccc(OC(F)(F)F)c(C(=O)CCBr)c1. The van der Waals surface area contributed by atoms with E-state index < -0.39 is 12.1 Å². The van der Waals surface area contributed by atoms with Crippen molar-refractivity contribution in [2.24, 2.45) is 0 Å². The summed E-state index contributed by atoms with van der Waals surface area (Å²) >= 11 is 3.07. The summed E-state index contributed by atoms with van der Waals surface area (Å²) in [5.74, 6) is -0.834. The van der Waals surface area contributed by atoms with Crippen molar-refractivity contribution in [3.63, 3.8) is 0 Å². The van der Waals surface area contributed by atoms with Crippen LogP contribution in [0.2, 0.25) is 0 Å². The van der Waals surface area contributed by atoms with E-state index in [1.807, 2.05) is 0 Å². The van der Waals surface area contributed by atoms with Gasteiger partial charge in [0.1, 0.15) is 5.75 Å². The predicted octanol–water partition coefficient (Wildman–Crippen LogP) is 3.86. The Balaban J connectivity index is 3.08. The Morgan fingerprint density at radius 1 is 1.41 bits per heavy atom. The lowest BCUT2D eigenvalue weighted by atomic mass is 10.1. The van der Waals surface area contributed by atoms with E-state index in [4.69, 9.17) is 0 Å². The van der Waals surface area contributed by atoms with Crippen molar-refractivity contribution >= 4 is 21.7 Å². The molecule has 1 rings (SSSR count). The van der Waals surface area contributed by atoms with Crippen molar-refractivity contribution in [3.8, 4) is 5.75 Å². The highest BCUT2D eigenvalue weighted by Gasteiger charge is 2.32. The number of hydrogen-bond acceptors (Lipinski definition) is 2. The fraction of sp³-hybridized carbons (Fsp3) is 0.364. The Morgan fingerprint density at radius 2 is 2.06 bits per heavy atom. The number of halogens is 4. The van der Waals surface area contributed by atoms with Gasteiger partial charge in [-0.15, -0.1) is 13.2 Å². The minimum Gasteiger partial charge on any atom is -0.405 e. The van der Waals surface area contributed by atoms with Crippen LogP contribution in [0.4, 0.5) is 13.2 Å². The van der Waals surface area contributed by atoms with Crippen LogP contribution in [0.5, 0.6) is 5.75 Å². The second kappa shape index (κ2) is 5.53. The average molecular weight is 311 g/mol. The van der Waals surface area contributed by atoms with Crippen molar-refractivity contribution in [2.75, 3.05) is 5.33 Å². The van der Waals surface area contributed by atoms with Gasteiger partial charge in [-0.05, 0) is 19.1 Å². The first-order valence-electron chi connectivity index (χ1n) is 4.79. The quantitative estimate of drug-likeness (QED) is 0.623. The maximum Gasteiger partial charge on any atom is 0.573 e. The highest BCUT2D eigenvalue weighted by atomic mass is 79.9. The maximum atomic E-state index is 12.1. The zero-order chi connectivity index (χ0) is 13.1. The summed E-state index contributed by atoms with van der Waals surface area (Å²) in [5.41, 5.74) is 0.666. The molecule has 94 valence electrons. The summed E-state index contributed by atoms with van der Waals surface area (Å²) < 4.78 is 40.2. The predicted molar refractivity (Wildman–Crippen MR) is 60.6 cm³/mol. The molecular weight excluding hydrogens is 301 g/mol. The number of ether oxygens (including phenoxy) is 1. The number of Topliss-reactive ketones (excluding diaryl/α,β-unsaturated/α-hetero) is 1. The summed E-state index contributed by atoms with van der Waals surface area (Å²) in [6.07, 6.45) is -4.67. The number of ketones is 1. The highest BCUT2D eigenvalue weighted by molar-refractivity contribution is 9.09. The minimum atomic E-state index is -4.79. The standard InChI is InChI=1S/C11H10BrF3O2/c1-7-2-3-10(17-11(13,14)15)8(6-7)9(16)4-5-12/h2-3,6H,4-5H2,1H3. The number of alkyl halides is 4. The number of carbonyl (C=O) groups excluding carboxylic acids is 1. The minimum absolute atomic E-state index is 0.0400. The van der Waals surface area contributed by atoms with Crippen molar-refractivity contribution in [2.45, 2.75) is 19.7 Å². The van der Waals surface area contributed by atoms with E-state index in [1.165, 1.54) is 12.1 Å². The molecule has 0 amide bonds. The van der Waals surface area contributed by atoms with Gasteiger partial charge >= 0.3 is 6.36 Å². The Kier molecular flexibility index (Phi) is 4.56. The first-order chi connectivity index (χ1) is 7.83. The molecule has 0 aromatic heterocycles. The molecule has 0 aliphatic rings. The van der Waals surface area contributed by atoms with E-state index in [1.54, 1.807) is 6.92 Å². The fourth-order valence-electron chi connectivity index (χ4n) is 1.30. The van der Waals surface area contributed by atoms with Crippen LogP contribution in [0.3, 0.4) is 0 Å². The fourth-order valence-corrected chi connectivity index (χ4v) is 1.66. The third-order valence-electron chi connectivity index (χ3n) is 1.98. The van der Waals surface area contributed by atoms with Gasteiger partial charge < -0.3 is 4.74 Å². The number of carbonyl (C=O) groups is 1. The van der Waals surface area contributed by atoms with E-state index in [2.05, 4.69) is 20.7 Å². The van der Waals surface area contributed by atoms with Gasteiger partial charge in [0, 0.05) is 11.8 Å². The van der Waals surface area contributed by atoms with Gasteiger partial charge in [0.25, 0.3) is 0 Å². The molecule has 0 aliphatic carbocycles. The molecule has 0 N–H and O–H groups in total. The summed E-state index contributed by atoms with van der Waals surface area (Å²) in [6, 6.07) is 4.02. The molecule has 0 fully saturated rings. The summed E-state index contributed by atoms with van der Waals surface area (Å²) in [6.45, 7) is 1.70. The lowest BCUT2D eigenvalue weighted by Crippen LogP contribution is -2.19. The van der Waals surface area contributed by atoms with E-state index in [-0.39, 0.29) is 17.8 Å². The van der Waals surface area contributed by atoms with Crippen molar-refractivity contribution < 1.29 is 22.7 Å². The number of rotatable bonds is 4. The molecule has 0 heterocycles. The van der Waals surface area contributed by atoms with Gasteiger partial charge in [0.2, 0.25) is 0 Å². The molecule has 0 bridgehead atoms. The normalized spacial score (nSPS) is 11.4. The average Bonchev–Trinajstić information content (AvgIpc) is 2.19. The molecular formula is C11H10BrF3O2. The van der Waals surface area contributed by atoms with Crippen LogP contribution in [-0.2, 0) is 0 Å². The maximum absolute atomic E-state index is 12.1. The second-order valence-corrected chi connectivity index (χ2v) is 4.20. The number of hydrogen-bond donors (Lipinski definition) is 0. The Labute approximate surface area is 105 Å². The van der Waals surface area contributed by atoms with Crippen LogP contribution in [0, 0.1) is 6.92 Å². The van der Waals surface area contributed by atoms with Crippen molar-refractivity contribution in [3.05, 3.63) is 29.3 Å². The highest BCUT2D eigenvalue weighted by Crippen LogP contribution is 2.28. The third kappa shape index (κ3) is 4.38. The van der Waals surface area contributed by atoms with Gasteiger partial charge in [-0.1, -0.05) is 27.6 Å². The van der Waals surface area contributed by atoms with E-state index in [0.29, 0.717) is 10.9 Å². The zero-order valence-electron chi connectivity index (χ0n) is 8.97. The summed E-state index contributed by atoms with van der Waals surface area (Å²) in [5, 5.41) is 0.394. The van der Waals surface area contributed by atoms with E-state index in [0.717, 1.165) is 6.07 Å². The Morgan fingerprint density at radius 3 is 2.59 bits per heavy atom. The van der Waals surface area contributed by atoms with Gasteiger partial charge in [-0.3, -0.25) is 4.79 Å². The molecule has 2 nitrogen and oxygen atoms in total. The lowest BCUT2D eigenvalue weighted by Gasteiger charge is -2.12. The third-order valence-corrected chi connectivity index (χ3v) is 2.38. The monoisotopic (exact) mass is 310 g/mol. The van der Waals surface area contributed by atoms with Gasteiger partial charge in [-0.25, -0.2) is 0 Å². The molecule has 17 heavy (non-hydrogen) atoms. The molecule has 1 aromatic rings. The molecule has 0 saturated carbocycles. The van der Waals surface area contributed by atoms with Crippen LogP contribution in [0.1, 0.15) is 22.3 Å². The van der Waals surface area contributed by atoms with Gasteiger partial charge in [-0.2, -0.15) is 0 Å². The van der Waals surface area contributed by atoms with Crippen LogP contribution in [-0.4, -0.2) is 17.5 Å². The number of aryl methyl sites for hydroxylation is 1. The van der Waals surface area contributed by atoms with Crippen molar-refractivity contribution in [1.29, 1.82) is 0 Å². The topological polar surface area (TPSA) is 26.3 Å². The largest absolute Gasteiger partial charge is 0.573 e. The first-order valence-corrected chi connectivity index (χ1v) is 5.91. The smallest absolute Gasteiger partial charge is 0.405 e. The Bertz CT molecular complexity index is 416. The second-order valence-electron chi connectivity index (χ2n) is 3.41. The van der Waals surface area contributed by atoms with Crippen molar-refractivity contribution in [1.82, 2.24) is 0 Å². The molecule has 0 radical (unpaired) electrons. The van der Waals surface area contributed by atoms with E-state index >= 15 is 0 Å². The van der Waals surface area contributed by atoms with Crippen LogP contribution in [0.25, 0.3) is 0 Å². The molecule has 0 atom stereocenters. The van der Waals surface area contributed by atoms with Crippen LogP contribution in [0.15, 0.2) is 18.2 Å². The molecule has 1 aromatic carbocycles. The molecule has 0 spiro atoms. The van der Waals surface area contributed by atoms with E-state index in [9.17, 15) is 18.0 Å². The summed E-state index contributed by atoms with van der Waals surface area (Å²) in [4.78, 5) is 11.6. The first kappa shape index (κ1) is 14.0. The lowest BCUT2D eigenvalue weighted by molar-refractivity contribution is -0.274. The number of benzene rings is 1. The molecule has 0 unspecified atom stereocenters. The van der Waals surface area contributed by atoms with Crippen LogP contribution >= 0.6 is 15.9 Å². The summed E-state index contributed by atoms with van der Waals surface area (Å²) in [7, 11) is 0. The zero-order valence-corrected chi connectivity index (χ0v) is 10.6. The van der Waals surface area contributed by atoms with Gasteiger partial charge in [0.05, 0.1) is 5.56 Å². The van der Waals surface area contributed by atoms with Gasteiger partial charge in [0.15, 0.2) is 5.78 Å². The Hall–Kier alpha value is -1.04. The molecule has 0 saturated heterocycles. The molecule has 6 heteroatoms. The molecule has 0 aliphatic heterocycles.